The van der Waals surface area contributed by atoms with Crippen molar-refractivity contribution in [2.45, 2.75) is 0 Å². The van der Waals surface area contributed by atoms with Crippen molar-refractivity contribution in [3.8, 4) is 5.75 Å². The standard InChI is InChI=1S/C17H14ClN3O3S/c1-23-13-5-3-12(4-6-13)19-17(25)21-20-16(22)15-9-10-8-11(18)2-7-14(10)24-15/h2-9H,1H3,(H,20,22)(H2,19,21,25). The maximum absolute atomic E-state index is 12.1. The number of hydrogen-bond acceptors (Lipinski definition) is 4. The van der Waals surface area contributed by atoms with Crippen LogP contribution in [0, 0.1) is 0 Å². The Labute approximate surface area is 154 Å². The zero-order chi connectivity index (χ0) is 17.8. The van der Waals surface area contributed by atoms with Gasteiger partial charge in [0.1, 0.15) is 11.3 Å². The SMILES string of the molecule is COc1ccc(NC(=S)NNC(=O)c2cc3cc(Cl)ccc3o2)cc1. The van der Waals surface area contributed by atoms with E-state index < -0.39 is 5.91 Å². The maximum atomic E-state index is 12.1. The van der Waals surface area contributed by atoms with Gasteiger partial charge in [0.15, 0.2) is 10.9 Å². The number of amides is 1. The normalized spacial score (nSPS) is 10.3. The Bertz CT molecular complexity index is 925. The van der Waals surface area contributed by atoms with Crippen molar-refractivity contribution < 1.29 is 13.9 Å². The van der Waals surface area contributed by atoms with Crippen LogP contribution in [0.25, 0.3) is 11.0 Å². The highest BCUT2D eigenvalue weighted by Crippen LogP contribution is 2.22. The average Bonchev–Trinajstić information content (AvgIpc) is 3.03. The summed E-state index contributed by atoms with van der Waals surface area (Å²) in [5.41, 5.74) is 6.42. The molecule has 1 aromatic heterocycles. The summed E-state index contributed by atoms with van der Waals surface area (Å²) in [4.78, 5) is 12.1. The van der Waals surface area contributed by atoms with Crippen molar-refractivity contribution >= 4 is 51.5 Å². The van der Waals surface area contributed by atoms with Crippen LogP contribution >= 0.6 is 23.8 Å². The molecule has 6 nitrogen and oxygen atoms in total. The molecule has 3 N–H and O–H groups in total. The van der Waals surface area contributed by atoms with Crippen LogP contribution in [0.4, 0.5) is 5.69 Å². The minimum atomic E-state index is -0.453. The molecule has 0 saturated carbocycles. The largest absolute Gasteiger partial charge is 0.497 e. The Hall–Kier alpha value is -2.77. The van der Waals surface area contributed by atoms with Gasteiger partial charge in [-0.05, 0) is 60.7 Å². The molecular formula is C17H14ClN3O3S. The number of carbonyl (C=O) groups excluding carboxylic acids is 1. The molecule has 0 spiro atoms. The molecular weight excluding hydrogens is 362 g/mol. The first-order valence-electron chi connectivity index (χ1n) is 7.25. The van der Waals surface area contributed by atoms with E-state index in [2.05, 4.69) is 16.2 Å². The lowest BCUT2D eigenvalue weighted by molar-refractivity contribution is 0.0918. The number of rotatable bonds is 3. The zero-order valence-electron chi connectivity index (χ0n) is 13.1. The van der Waals surface area contributed by atoms with Crippen LogP contribution < -0.4 is 20.9 Å². The highest BCUT2D eigenvalue weighted by Gasteiger charge is 2.12. The van der Waals surface area contributed by atoms with E-state index in [1.54, 1.807) is 55.6 Å². The summed E-state index contributed by atoms with van der Waals surface area (Å²) in [6, 6.07) is 13.9. The quantitative estimate of drug-likeness (QED) is 0.478. The number of fused-ring (bicyclic) bond motifs is 1. The molecule has 2 aromatic carbocycles. The fourth-order valence-electron chi connectivity index (χ4n) is 2.14. The van der Waals surface area contributed by atoms with E-state index in [0.717, 1.165) is 16.8 Å². The molecule has 0 radical (unpaired) electrons. The Kier molecular flexibility index (Phi) is 5.06. The number of furan rings is 1. The topological polar surface area (TPSA) is 75.5 Å². The van der Waals surface area contributed by atoms with E-state index in [0.29, 0.717) is 10.6 Å². The van der Waals surface area contributed by atoms with E-state index in [4.69, 9.17) is 33.0 Å². The van der Waals surface area contributed by atoms with Crippen LogP contribution in [0.2, 0.25) is 5.02 Å². The van der Waals surface area contributed by atoms with Crippen molar-refractivity contribution in [2.75, 3.05) is 12.4 Å². The van der Waals surface area contributed by atoms with Crippen molar-refractivity contribution in [3.05, 3.63) is 59.3 Å². The van der Waals surface area contributed by atoms with Crippen LogP contribution in [0.3, 0.4) is 0 Å². The highest BCUT2D eigenvalue weighted by atomic mass is 35.5. The third-order valence-corrected chi connectivity index (χ3v) is 3.78. The molecule has 128 valence electrons. The van der Waals surface area contributed by atoms with Gasteiger partial charge in [0.25, 0.3) is 0 Å². The van der Waals surface area contributed by atoms with Gasteiger partial charge in [-0.1, -0.05) is 11.6 Å². The molecule has 0 fully saturated rings. The minimum absolute atomic E-state index is 0.150. The first-order chi connectivity index (χ1) is 12.0. The lowest BCUT2D eigenvalue weighted by Gasteiger charge is -2.11. The van der Waals surface area contributed by atoms with Crippen LogP contribution in [0.15, 0.2) is 52.9 Å². The van der Waals surface area contributed by atoms with Gasteiger partial charge in [-0.25, -0.2) is 0 Å². The number of methoxy groups -OCH3 is 1. The van der Waals surface area contributed by atoms with E-state index in [-0.39, 0.29) is 10.9 Å². The predicted molar refractivity (Wildman–Crippen MR) is 101 cm³/mol. The van der Waals surface area contributed by atoms with Crippen molar-refractivity contribution in [3.63, 3.8) is 0 Å². The first-order valence-corrected chi connectivity index (χ1v) is 8.04. The van der Waals surface area contributed by atoms with E-state index >= 15 is 0 Å². The Morgan fingerprint density at radius 3 is 2.60 bits per heavy atom. The fourth-order valence-corrected chi connectivity index (χ4v) is 2.49. The third kappa shape index (κ3) is 4.20. The number of hydrazine groups is 1. The molecule has 0 saturated heterocycles. The molecule has 8 heteroatoms. The summed E-state index contributed by atoms with van der Waals surface area (Å²) in [6.45, 7) is 0. The molecule has 0 unspecified atom stereocenters. The monoisotopic (exact) mass is 375 g/mol. The fraction of sp³-hybridized carbons (Fsp3) is 0.0588. The second kappa shape index (κ2) is 7.42. The lowest BCUT2D eigenvalue weighted by atomic mass is 10.2. The Morgan fingerprint density at radius 2 is 1.88 bits per heavy atom. The van der Waals surface area contributed by atoms with Crippen LogP contribution in [-0.4, -0.2) is 18.1 Å². The van der Waals surface area contributed by atoms with Crippen molar-refractivity contribution in [1.29, 1.82) is 0 Å². The number of halogens is 1. The van der Waals surface area contributed by atoms with Crippen molar-refractivity contribution in [2.24, 2.45) is 0 Å². The van der Waals surface area contributed by atoms with Crippen LogP contribution in [0.5, 0.6) is 5.75 Å². The predicted octanol–water partition coefficient (Wildman–Crippen LogP) is 3.73. The summed E-state index contributed by atoms with van der Waals surface area (Å²) in [6.07, 6.45) is 0. The van der Waals surface area contributed by atoms with Gasteiger partial charge in [0, 0.05) is 16.1 Å². The molecule has 0 atom stereocenters. The van der Waals surface area contributed by atoms with E-state index in [9.17, 15) is 4.79 Å². The number of anilines is 1. The molecule has 1 heterocycles. The average molecular weight is 376 g/mol. The second-order valence-electron chi connectivity index (χ2n) is 5.05. The van der Waals surface area contributed by atoms with E-state index in [1.165, 1.54) is 0 Å². The molecule has 0 aliphatic carbocycles. The van der Waals surface area contributed by atoms with Crippen LogP contribution in [-0.2, 0) is 0 Å². The smallest absolute Gasteiger partial charge is 0.305 e. The summed E-state index contributed by atoms with van der Waals surface area (Å²) in [5, 5.41) is 4.49. The maximum Gasteiger partial charge on any atom is 0.305 e. The minimum Gasteiger partial charge on any atom is -0.497 e. The van der Waals surface area contributed by atoms with Gasteiger partial charge < -0.3 is 14.5 Å². The molecule has 1 amide bonds. The second-order valence-corrected chi connectivity index (χ2v) is 5.90. The number of nitrogens with one attached hydrogen (secondary N) is 3. The molecule has 0 aliphatic rings. The number of ether oxygens (including phenoxy) is 1. The first kappa shape index (κ1) is 17.1. The summed E-state index contributed by atoms with van der Waals surface area (Å²) in [7, 11) is 1.59. The van der Waals surface area contributed by atoms with Gasteiger partial charge in [-0.15, -0.1) is 0 Å². The van der Waals surface area contributed by atoms with Gasteiger partial charge in [-0.2, -0.15) is 0 Å². The van der Waals surface area contributed by atoms with Gasteiger partial charge >= 0.3 is 5.91 Å². The van der Waals surface area contributed by atoms with E-state index in [1.807, 2.05) is 0 Å². The number of benzene rings is 2. The van der Waals surface area contributed by atoms with Crippen molar-refractivity contribution in [1.82, 2.24) is 10.9 Å². The highest BCUT2D eigenvalue weighted by molar-refractivity contribution is 7.80. The summed E-state index contributed by atoms with van der Waals surface area (Å²) >= 11 is 11.0. The third-order valence-electron chi connectivity index (χ3n) is 3.34. The van der Waals surface area contributed by atoms with Crippen LogP contribution in [0.1, 0.15) is 10.6 Å². The van der Waals surface area contributed by atoms with Gasteiger partial charge in [-0.3, -0.25) is 15.6 Å². The Balaban J connectivity index is 1.57. The molecule has 0 bridgehead atoms. The molecule has 0 aliphatic heterocycles. The van der Waals surface area contributed by atoms with Gasteiger partial charge in [0.2, 0.25) is 0 Å². The lowest BCUT2D eigenvalue weighted by Crippen LogP contribution is -2.43. The number of thiocarbonyl (C=S) groups is 1. The molecule has 3 rings (SSSR count). The van der Waals surface area contributed by atoms with Gasteiger partial charge in [0.05, 0.1) is 7.11 Å². The molecule has 3 aromatic rings. The molecule has 25 heavy (non-hydrogen) atoms. The number of hydrogen-bond donors (Lipinski definition) is 3. The summed E-state index contributed by atoms with van der Waals surface area (Å²) < 4.78 is 10.6. The number of carbonyl (C=O) groups is 1. The zero-order valence-corrected chi connectivity index (χ0v) is 14.7. The summed E-state index contributed by atoms with van der Waals surface area (Å²) in [5.74, 6) is 0.436. The Morgan fingerprint density at radius 1 is 1.12 bits per heavy atom.